The Hall–Kier alpha value is -2.99. The van der Waals surface area contributed by atoms with E-state index in [9.17, 15) is 4.79 Å². The van der Waals surface area contributed by atoms with Gasteiger partial charge in [0.05, 0.1) is 11.0 Å². The molecule has 27 heavy (non-hydrogen) atoms. The Morgan fingerprint density at radius 1 is 1.04 bits per heavy atom. The average Bonchev–Trinajstić information content (AvgIpc) is 2.71. The molecule has 4 rings (SSSR count). The lowest BCUT2D eigenvalue weighted by Gasteiger charge is -2.29. The molecule has 0 saturated carbocycles. The topological polar surface area (TPSA) is 67.3 Å². The van der Waals surface area contributed by atoms with Crippen LogP contribution in [0.1, 0.15) is 23.2 Å². The molecule has 6 heteroatoms. The van der Waals surface area contributed by atoms with Gasteiger partial charge in [0, 0.05) is 36.7 Å². The fraction of sp³-hybridized carbons (Fsp3) is 0.286. The number of hydrogen-bond acceptors (Lipinski definition) is 5. The summed E-state index contributed by atoms with van der Waals surface area (Å²) in [5.41, 5.74) is 2.75. The van der Waals surface area contributed by atoms with Crippen molar-refractivity contribution in [1.29, 1.82) is 0 Å². The average molecular weight is 362 g/mol. The zero-order valence-corrected chi connectivity index (χ0v) is 15.3. The van der Waals surface area contributed by atoms with Gasteiger partial charge in [-0.1, -0.05) is 0 Å². The molecule has 1 aliphatic rings. The van der Waals surface area contributed by atoms with E-state index >= 15 is 0 Å². The fourth-order valence-electron chi connectivity index (χ4n) is 3.22. The molecule has 1 N–H and O–H groups in total. The third-order valence-corrected chi connectivity index (χ3v) is 4.81. The number of piperidine rings is 1. The van der Waals surface area contributed by atoms with E-state index < -0.39 is 0 Å². The number of rotatable bonds is 4. The SMILES string of the molecule is CN1CCC(Oc2ccc(NC(=O)c3ccc4nccnc4c3)cc2)CC1. The van der Waals surface area contributed by atoms with E-state index in [2.05, 4.69) is 27.2 Å². The molecule has 6 nitrogen and oxygen atoms in total. The van der Waals surface area contributed by atoms with Gasteiger partial charge >= 0.3 is 0 Å². The highest BCUT2D eigenvalue weighted by Crippen LogP contribution is 2.21. The fourth-order valence-corrected chi connectivity index (χ4v) is 3.22. The molecule has 0 atom stereocenters. The first kappa shape index (κ1) is 17.4. The minimum Gasteiger partial charge on any atom is -0.490 e. The van der Waals surface area contributed by atoms with Crippen LogP contribution in [0.5, 0.6) is 5.75 Å². The van der Waals surface area contributed by atoms with Gasteiger partial charge < -0.3 is 15.0 Å². The van der Waals surface area contributed by atoms with Crippen LogP contribution in [0.15, 0.2) is 54.9 Å². The van der Waals surface area contributed by atoms with Crippen LogP contribution in [0, 0.1) is 0 Å². The number of likely N-dealkylation sites (tertiary alicyclic amines) is 1. The van der Waals surface area contributed by atoms with Gasteiger partial charge in [-0.05, 0) is 62.4 Å². The van der Waals surface area contributed by atoms with Crippen LogP contribution in [0.25, 0.3) is 11.0 Å². The van der Waals surface area contributed by atoms with Gasteiger partial charge in [0.25, 0.3) is 5.91 Å². The lowest BCUT2D eigenvalue weighted by Crippen LogP contribution is -2.35. The van der Waals surface area contributed by atoms with Crippen LogP contribution in [-0.4, -0.2) is 47.0 Å². The number of ether oxygens (including phenoxy) is 1. The first-order valence-corrected chi connectivity index (χ1v) is 9.15. The van der Waals surface area contributed by atoms with Gasteiger partial charge in [0.2, 0.25) is 0 Å². The molecule has 3 aromatic rings. The van der Waals surface area contributed by atoms with E-state index in [-0.39, 0.29) is 12.0 Å². The third-order valence-electron chi connectivity index (χ3n) is 4.81. The van der Waals surface area contributed by atoms with Crippen molar-refractivity contribution in [2.75, 3.05) is 25.5 Å². The van der Waals surface area contributed by atoms with Crippen LogP contribution in [0.4, 0.5) is 5.69 Å². The maximum Gasteiger partial charge on any atom is 0.255 e. The van der Waals surface area contributed by atoms with Crippen molar-refractivity contribution < 1.29 is 9.53 Å². The zero-order chi connectivity index (χ0) is 18.6. The number of aromatic nitrogens is 2. The molecule has 1 saturated heterocycles. The van der Waals surface area contributed by atoms with Gasteiger partial charge in [-0.15, -0.1) is 0 Å². The van der Waals surface area contributed by atoms with Gasteiger partial charge in [-0.2, -0.15) is 0 Å². The number of anilines is 1. The summed E-state index contributed by atoms with van der Waals surface area (Å²) in [7, 11) is 2.13. The predicted octanol–water partition coefficient (Wildman–Crippen LogP) is 3.36. The highest BCUT2D eigenvalue weighted by Gasteiger charge is 2.18. The molecule has 1 aliphatic heterocycles. The lowest BCUT2D eigenvalue weighted by molar-refractivity contribution is 0.102. The molecular weight excluding hydrogens is 340 g/mol. The van der Waals surface area contributed by atoms with E-state index in [4.69, 9.17) is 4.74 Å². The number of nitrogens with zero attached hydrogens (tertiary/aromatic N) is 3. The Bertz CT molecular complexity index is 934. The summed E-state index contributed by atoms with van der Waals surface area (Å²) in [5, 5.41) is 2.91. The Kier molecular flexibility index (Phi) is 4.98. The molecule has 1 aromatic heterocycles. The lowest BCUT2D eigenvalue weighted by atomic mass is 10.1. The number of nitrogens with one attached hydrogen (secondary N) is 1. The second-order valence-corrected chi connectivity index (χ2v) is 6.86. The van der Waals surface area contributed by atoms with Crippen LogP contribution < -0.4 is 10.1 Å². The van der Waals surface area contributed by atoms with Crippen molar-refractivity contribution in [2.45, 2.75) is 18.9 Å². The Morgan fingerprint density at radius 2 is 1.74 bits per heavy atom. The van der Waals surface area contributed by atoms with Crippen molar-refractivity contribution in [3.63, 3.8) is 0 Å². The molecule has 2 aromatic carbocycles. The summed E-state index contributed by atoms with van der Waals surface area (Å²) >= 11 is 0. The maximum atomic E-state index is 12.5. The van der Waals surface area contributed by atoms with Gasteiger partial charge in [-0.25, -0.2) is 0 Å². The number of carbonyl (C=O) groups is 1. The molecule has 0 radical (unpaired) electrons. The highest BCUT2D eigenvalue weighted by molar-refractivity contribution is 6.05. The van der Waals surface area contributed by atoms with E-state index in [0.717, 1.165) is 42.9 Å². The molecule has 0 aliphatic carbocycles. The standard InChI is InChI=1S/C21H22N4O2/c1-25-12-8-18(9-13-25)27-17-5-3-16(4-6-17)24-21(26)15-2-7-19-20(14-15)23-11-10-22-19/h2-7,10-11,14,18H,8-9,12-13H2,1H3,(H,24,26). The van der Waals surface area contributed by atoms with Gasteiger partial charge in [-0.3, -0.25) is 14.8 Å². The van der Waals surface area contributed by atoms with Crippen molar-refractivity contribution in [3.05, 3.63) is 60.4 Å². The van der Waals surface area contributed by atoms with Crippen LogP contribution >= 0.6 is 0 Å². The van der Waals surface area contributed by atoms with Crippen LogP contribution in [0.2, 0.25) is 0 Å². The monoisotopic (exact) mass is 362 g/mol. The first-order chi connectivity index (χ1) is 13.2. The smallest absolute Gasteiger partial charge is 0.255 e. The van der Waals surface area contributed by atoms with E-state index in [1.165, 1.54) is 0 Å². The van der Waals surface area contributed by atoms with Crippen molar-refractivity contribution in [1.82, 2.24) is 14.9 Å². The van der Waals surface area contributed by atoms with Crippen molar-refractivity contribution in [3.8, 4) is 5.75 Å². The molecule has 0 bridgehead atoms. The maximum absolute atomic E-state index is 12.5. The zero-order valence-electron chi connectivity index (χ0n) is 15.3. The van der Waals surface area contributed by atoms with Crippen molar-refractivity contribution >= 4 is 22.6 Å². The third kappa shape index (κ3) is 4.23. The number of amides is 1. The first-order valence-electron chi connectivity index (χ1n) is 9.15. The summed E-state index contributed by atoms with van der Waals surface area (Å²) in [5.74, 6) is 0.662. The van der Waals surface area contributed by atoms with Crippen molar-refractivity contribution in [2.24, 2.45) is 0 Å². The minimum atomic E-state index is -0.175. The quantitative estimate of drug-likeness (QED) is 0.771. The highest BCUT2D eigenvalue weighted by atomic mass is 16.5. The van der Waals surface area contributed by atoms with Gasteiger partial charge in [0.1, 0.15) is 11.9 Å². The summed E-state index contributed by atoms with van der Waals surface area (Å²) in [6.07, 6.45) is 5.60. The summed E-state index contributed by atoms with van der Waals surface area (Å²) in [6.45, 7) is 2.13. The molecule has 0 spiro atoms. The minimum absolute atomic E-state index is 0.175. The number of benzene rings is 2. The number of fused-ring (bicyclic) bond motifs is 1. The van der Waals surface area contributed by atoms with E-state index in [1.807, 2.05) is 24.3 Å². The summed E-state index contributed by atoms with van der Waals surface area (Å²) in [6, 6.07) is 12.8. The summed E-state index contributed by atoms with van der Waals surface area (Å²) in [4.78, 5) is 23.3. The Morgan fingerprint density at radius 3 is 2.48 bits per heavy atom. The Labute approximate surface area is 158 Å². The largest absolute Gasteiger partial charge is 0.490 e. The van der Waals surface area contributed by atoms with E-state index in [0.29, 0.717) is 11.1 Å². The van der Waals surface area contributed by atoms with Crippen LogP contribution in [-0.2, 0) is 0 Å². The molecule has 1 amide bonds. The van der Waals surface area contributed by atoms with E-state index in [1.54, 1.807) is 30.6 Å². The second kappa shape index (κ2) is 7.72. The number of hydrogen-bond donors (Lipinski definition) is 1. The molecule has 138 valence electrons. The second-order valence-electron chi connectivity index (χ2n) is 6.86. The van der Waals surface area contributed by atoms with Crippen LogP contribution in [0.3, 0.4) is 0 Å². The normalized spacial score (nSPS) is 15.6. The predicted molar refractivity (Wildman–Crippen MR) is 105 cm³/mol. The molecule has 0 unspecified atom stereocenters. The molecular formula is C21H22N4O2. The molecule has 1 fully saturated rings. The number of carbonyl (C=O) groups excluding carboxylic acids is 1. The molecule has 2 heterocycles. The van der Waals surface area contributed by atoms with Gasteiger partial charge in [0.15, 0.2) is 0 Å². The Balaban J connectivity index is 1.39. The summed E-state index contributed by atoms with van der Waals surface area (Å²) < 4.78 is 6.04.